The summed E-state index contributed by atoms with van der Waals surface area (Å²) >= 11 is 6.11. The number of methoxy groups -OCH3 is 1. The Hall–Kier alpha value is -0.820. The highest BCUT2D eigenvalue weighted by atomic mass is 35.5. The van der Waals surface area contributed by atoms with Crippen LogP contribution in [0.4, 0.5) is 0 Å². The van der Waals surface area contributed by atoms with Gasteiger partial charge in [0.25, 0.3) is 0 Å². The topological polar surface area (TPSA) is 72.6 Å². The molecule has 0 spiro atoms. The second kappa shape index (κ2) is 5.67. The summed E-state index contributed by atoms with van der Waals surface area (Å²) in [6.07, 6.45) is 2.01. The number of halogens is 1. The molecule has 2 fully saturated rings. The van der Waals surface area contributed by atoms with Gasteiger partial charge < -0.3 is 10.5 Å². The van der Waals surface area contributed by atoms with E-state index in [1.165, 1.54) is 13.2 Å². The minimum atomic E-state index is -3.54. The first-order chi connectivity index (χ1) is 10.3. The van der Waals surface area contributed by atoms with E-state index in [-0.39, 0.29) is 16.9 Å². The lowest BCUT2D eigenvalue weighted by molar-refractivity contribution is 0.413. The summed E-state index contributed by atoms with van der Waals surface area (Å²) < 4.78 is 32.6. The second-order valence-electron chi connectivity index (χ2n) is 6.24. The number of aryl methyl sites for hydroxylation is 1. The van der Waals surface area contributed by atoms with Gasteiger partial charge in [-0.05, 0) is 49.3 Å². The van der Waals surface area contributed by atoms with Crippen LogP contribution < -0.4 is 10.5 Å². The Labute approximate surface area is 136 Å². The summed E-state index contributed by atoms with van der Waals surface area (Å²) in [7, 11) is -2.03. The van der Waals surface area contributed by atoms with E-state index < -0.39 is 10.0 Å². The fourth-order valence-corrected chi connectivity index (χ4v) is 5.75. The van der Waals surface area contributed by atoms with Crippen molar-refractivity contribution in [3.63, 3.8) is 0 Å². The second-order valence-corrected chi connectivity index (χ2v) is 8.55. The van der Waals surface area contributed by atoms with Gasteiger partial charge >= 0.3 is 0 Å². The number of sulfonamides is 1. The van der Waals surface area contributed by atoms with E-state index in [0.29, 0.717) is 35.3 Å². The van der Waals surface area contributed by atoms with Gasteiger partial charge in [0.2, 0.25) is 10.0 Å². The van der Waals surface area contributed by atoms with Crippen LogP contribution in [-0.4, -0.2) is 39.0 Å². The van der Waals surface area contributed by atoms with Gasteiger partial charge in [0.1, 0.15) is 5.75 Å². The molecule has 5 nitrogen and oxygen atoms in total. The minimum Gasteiger partial charge on any atom is -0.495 e. The molecule has 1 aliphatic heterocycles. The van der Waals surface area contributed by atoms with Crippen molar-refractivity contribution >= 4 is 21.6 Å². The number of fused-ring (bicyclic) bond motifs is 1. The fourth-order valence-electron chi connectivity index (χ4n) is 3.67. The Balaban J connectivity index is 1.93. The predicted octanol–water partition coefficient (Wildman–Crippen LogP) is 2.01. The molecule has 0 amide bonds. The lowest BCUT2D eigenvalue weighted by atomic mass is 9.98. The maximum atomic E-state index is 12.9. The molecule has 1 aromatic carbocycles. The van der Waals surface area contributed by atoms with Gasteiger partial charge in [-0.2, -0.15) is 4.31 Å². The Morgan fingerprint density at radius 2 is 2.05 bits per heavy atom. The van der Waals surface area contributed by atoms with Gasteiger partial charge in [-0.25, -0.2) is 8.42 Å². The van der Waals surface area contributed by atoms with Crippen LogP contribution >= 0.6 is 11.6 Å². The van der Waals surface area contributed by atoms with Crippen molar-refractivity contribution in [2.45, 2.75) is 30.7 Å². The van der Waals surface area contributed by atoms with Crippen LogP contribution in [0.5, 0.6) is 5.75 Å². The zero-order valence-corrected chi connectivity index (χ0v) is 14.3. The largest absolute Gasteiger partial charge is 0.495 e. The molecule has 0 bridgehead atoms. The summed E-state index contributed by atoms with van der Waals surface area (Å²) in [4.78, 5) is 0.256. The lowest BCUT2D eigenvalue weighted by Gasteiger charge is -2.20. The molecule has 1 aromatic rings. The standard InChI is InChI=1S/C15H21ClN2O3S/c1-9-5-14(21-2)12(16)6-15(9)22(19,20)18-7-10-3-4-13(17)11(10)8-18/h5-6,10-11,13H,3-4,7-8,17H2,1-2H3. The van der Waals surface area contributed by atoms with Crippen molar-refractivity contribution in [1.29, 1.82) is 0 Å². The molecule has 2 N–H and O–H groups in total. The number of hydrogen-bond donors (Lipinski definition) is 1. The molecule has 122 valence electrons. The zero-order valence-electron chi connectivity index (χ0n) is 12.8. The van der Waals surface area contributed by atoms with Crippen LogP contribution in [0.1, 0.15) is 18.4 Å². The van der Waals surface area contributed by atoms with Crippen molar-refractivity contribution in [3.8, 4) is 5.75 Å². The fraction of sp³-hybridized carbons (Fsp3) is 0.600. The van der Waals surface area contributed by atoms with Crippen LogP contribution in [0.25, 0.3) is 0 Å². The molecule has 3 rings (SSSR count). The first-order valence-electron chi connectivity index (χ1n) is 7.44. The number of hydrogen-bond acceptors (Lipinski definition) is 4. The third-order valence-corrected chi connectivity index (χ3v) is 7.22. The van der Waals surface area contributed by atoms with Crippen molar-refractivity contribution in [2.75, 3.05) is 20.2 Å². The molecule has 1 heterocycles. The van der Waals surface area contributed by atoms with Gasteiger partial charge in [-0.3, -0.25) is 0 Å². The van der Waals surface area contributed by atoms with Gasteiger partial charge in [0.05, 0.1) is 17.0 Å². The molecule has 1 saturated carbocycles. The number of benzene rings is 1. The van der Waals surface area contributed by atoms with Crippen LogP contribution in [0.3, 0.4) is 0 Å². The molecule has 22 heavy (non-hydrogen) atoms. The monoisotopic (exact) mass is 344 g/mol. The zero-order chi connectivity index (χ0) is 16.1. The summed E-state index contributed by atoms with van der Waals surface area (Å²) in [5.74, 6) is 1.15. The Morgan fingerprint density at radius 3 is 2.68 bits per heavy atom. The van der Waals surface area contributed by atoms with Crippen LogP contribution in [0.15, 0.2) is 17.0 Å². The number of nitrogens with two attached hydrogens (primary N) is 1. The highest BCUT2D eigenvalue weighted by molar-refractivity contribution is 7.89. The summed E-state index contributed by atoms with van der Waals surface area (Å²) in [5, 5.41) is 0.308. The summed E-state index contributed by atoms with van der Waals surface area (Å²) in [6, 6.07) is 3.27. The van der Waals surface area contributed by atoms with Crippen molar-refractivity contribution in [2.24, 2.45) is 17.6 Å². The summed E-state index contributed by atoms with van der Waals surface area (Å²) in [6.45, 7) is 2.83. The van der Waals surface area contributed by atoms with Gasteiger partial charge in [-0.15, -0.1) is 0 Å². The van der Waals surface area contributed by atoms with Crippen molar-refractivity contribution in [3.05, 3.63) is 22.7 Å². The average molecular weight is 345 g/mol. The number of ether oxygens (including phenoxy) is 1. The molecule has 0 aromatic heterocycles. The first kappa shape index (κ1) is 16.1. The average Bonchev–Trinajstić information content (AvgIpc) is 3.04. The number of rotatable bonds is 3. The quantitative estimate of drug-likeness (QED) is 0.910. The van der Waals surface area contributed by atoms with Crippen molar-refractivity contribution < 1.29 is 13.2 Å². The Morgan fingerprint density at radius 1 is 1.32 bits per heavy atom. The lowest BCUT2D eigenvalue weighted by Crippen LogP contribution is -2.33. The Bertz CT molecular complexity index is 692. The van der Waals surface area contributed by atoms with E-state index in [4.69, 9.17) is 22.1 Å². The van der Waals surface area contributed by atoms with E-state index in [1.54, 1.807) is 17.3 Å². The van der Waals surface area contributed by atoms with E-state index in [1.807, 2.05) is 0 Å². The van der Waals surface area contributed by atoms with Crippen molar-refractivity contribution in [1.82, 2.24) is 4.31 Å². The van der Waals surface area contributed by atoms with E-state index >= 15 is 0 Å². The van der Waals surface area contributed by atoms with E-state index in [9.17, 15) is 8.42 Å². The Kier molecular flexibility index (Phi) is 4.14. The molecule has 7 heteroatoms. The molecular weight excluding hydrogens is 324 g/mol. The molecule has 3 unspecified atom stereocenters. The van der Waals surface area contributed by atoms with Gasteiger partial charge in [0, 0.05) is 19.1 Å². The van der Waals surface area contributed by atoms with E-state index in [2.05, 4.69) is 0 Å². The first-order valence-corrected chi connectivity index (χ1v) is 9.26. The highest BCUT2D eigenvalue weighted by Crippen LogP contribution is 2.40. The molecule has 1 aliphatic carbocycles. The predicted molar refractivity (Wildman–Crippen MR) is 85.7 cm³/mol. The SMILES string of the molecule is COc1cc(C)c(S(=O)(=O)N2CC3CCC(N)C3C2)cc1Cl. The molecule has 1 saturated heterocycles. The minimum absolute atomic E-state index is 0.116. The van der Waals surface area contributed by atoms with Gasteiger partial charge in [0.15, 0.2) is 0 Å². The highest BCUT2D eigenvalue weighted by Gasteiger charge is 2.45. The molecular formula is C15H21ClN2O3S. The van der Waals surface area contributed by atoms with Crippen LogP contribution in [-0.2, 0) is 10.0 Å². The molecule has 0 radical (unpaired) electrons. The number of nitrogens with zero attached hydrogens (tertiary/aromatic N) is 1. The van der Waals surface area contributed by atoms with Crippen LogP contribution in [0, 0.1) is 18.8 Å². The normalized spacial score (nSPS) is 28.8. The third-order valence-electron chi connectivity index (χ3n) is 4.95. The molecule has 3 atom stereocenters. The smallest absolute Gasteiger partial charge is 0.243 e. The summed E-state index contributed by atoms with van der Waals surface area (Å²) in [5.41, 5.74) is 6.74. The van der Waals surface area contributed by atoms with Crippen LogP contribution in [0.2, 0.25) is 5.02 Å². The maximum absolute atomic E-state index is 12.9. The van der Waals surface area contributed by atoms with E-state index in [0.717, 1.165) is 12.8 Å². The van der Waals surface area contributed by atoms with Gasteiger partial charge in [-0.1, -0.05) is 11.6 Å². The molecule has 2 aliphatic rings. The third kappa shape index (κ3) is 2.52. The maximum Gasteiger partial charge on any atom is 0.243 e.